The Labute approximate surface area is 141 Å². The molecule has 1 aliphatic heterocycles. The van der Waals surface area contributed by atoms with Gasteiger partial charge in [0.1, 0.15) is 5.75 Å². The predicted molar refractivity (Wildman–Crippen MR) is 91.1 cm³/mol. The molecule has 4 nitrogen and oxygen atoms in total. The van der Waals surface area contributed by atoms with E-state index in [1.165, 1.54) is 0 Å². The molecule has 120 valence electrons. The lowest BCUT2D eigenvalue weighted by atomic mass is 9.79. The number of nitrogens with zero attached hydrogens (tertiary/aromatic N) is 1. The first kappa shape index (κ1) is 18.7. The lowest BCUT2D eigenvalue weighted by molar-refractivity contribution is 0.0305. The van der Waals surface area contributed by atoms with Crippen LogP contribution in [0.3, 0.4) is 0 Å². The molecule has 0 spiro atoms. The number of rotatable bonds is 4. The summed E-state index contributed by atoms with van der Waals surface area (Å²) in [7, 11) is 0. The van der Waals surface area contributed by atoms with E-state index in [9.17, 15) is 10.2 Å². The van der Waals surface area contributed by atoms with Crippen LogP contribution in [-0.4, -0.2) is 47.9 Å². The fourth-order valence-electron chi connectivity index (χ4n) is 2.88. The van der Waals surface area contributed by atoms with E-state index in [2.05, 4.69) is 40.0 Å². The van der Waals surface area contributed by atoms with E-state index in [1.54, 1.807) is 6.07 Å². The van der Waals surface area contributed by atoms with Gasteiger partial charge in [0.05, 0.1) is 4.47 Å². The fourth-order valence-corrected chi connectivity index (χ4v) is 3.27. The quantitative estimate of drug-likeness (QED) is 0.752. The van der Waals surface area contributed by atoms with E-state index >= 15 is 0 Å². The predicted octanol–water partition coefficient (Wildman–Crippen LogP) is 2.54. The molecule has 6 heteroatoms. The van der Waals surface area contributed by atoms with E-state index in [0.29, 0.717) is 4.47 Å². The van der Waals surface area contributed by atoms with Gasteiger partial charge in [-0.15, -0.1) is 12.4 Å². The van der Waals surface area contributed by atoms with Crippen LogP contribution in [-0.2, 0) is 0 Å². The van der Waals surface area contributed by atoms with Crippen LogP contribution < -0.4 is 5.32 Å². The van der Waals surface area contributed by atoms with Crippen molar-refractivity contribution in [3.8, 4) is 5.75 Å². The molecular weight excluding hydrogens is 356 g/mol. The lowest BCUT2D eigenvalue weighted by Gasteiger charge is -2.43. The van der Waals surface area contributed by atoms with Crippen molar-refractivity contribution < 1.29 is 10.2 Å². The Morgan fingerprint density at radius 2 is 1.95 bits per heavy atom. The van der Waals surface area contributed by atoms with Crippen LogP contribution in [0.5, 0.6) is 5.75 Å². The van der Waals surface area contributed by atoms with Crippen LogP contribution in [0.15, 0.2) is 22.7 Å². The van der Waals surface area contributed by atoms with Gasteiger partial charge in [0.25, 0.3) is 0 Å². The minimum atomic E-state index is -0.242. The van der Waals surface area contributed by atoms with E-state index in [1.807, 2.05) is 12.1 Å². The summed E-state index contributed by atoms with van der Waals surface area (Å²) in [5.41, 5.74) is 0.879. The Morgan fingerprint density at radius 3 is 2.48 bits per heavy atom. The smallest absolute Gasteiger partial charge is 0.129 e. The molecule has 0 saturated carbocycles. The van der Waals surface area contributed by atoms with E-state index in [0.717, 1.165) is 31.7 Å². The van der Waals surface area contributed by atoms with Gasteiger partial charge in [0.15, 0.2) is 0 Å². The van der Waals surface area contributed by atoms with Gasteiger partial charge in [0.2, 0.25) is 0 Å². The van der Waals surface area contributed by atoms with Gasteiger partial charge in [-0.05, 0) is 33.6 Å². The first-order valence-electron chi connectivity index (χ1n) is 7.00. The highest BCUT2D eigenvalue weighted by Crippen LogP contribution is 2.40. The zero-order valence-corrected chi connectivity index (χ0v) is 14.9. The Hall–Kier alpha value is -0.330. The number of benzene rings is 1. The monoisotopic (exact) mass is 378 g/mol. The first-order chi connectivity index (χ1) is 9.45. The Bertz CT molecular complexity index is 465. The minimum Gasteiger partial charge on any atom is -0.507 e. The van der Waals surface area contributed by atoms with Gasteiger partial charge in [-0.3, -0.25) is 4.90 Å². The van der Waals surface area contributed by atoms with E-state index in [4.69, 9.17) is 0 Å². The molecule has 1 heterocycles. The second-order valence-corrected chi connectivity index (χ2v) is 6.90. The summed E-state index contributed by atoms with van der Waals surface area (Å²) in [4.78, 5) is 2.41. The maximum absolute atomic E-state index is 9.78. The Balaban J connectivity index is 0.00000220. The average molecular weight is 380 g/mol. The van der Waals surface area contributed by atoms with Crippen molar-refractivity contribution in [1.82, 2.24) is 10.2 Å². The number of halogens is 2. The second-order valence-electron chi connectivity index (χ2n) is 6.05. The summed E-state index contributed by atoms with van der Waals surface area (Å²) in [6.45, 7) is 8.16. The summed E-state index contributed by atoms with van der Waals surface area (Å²) in [5, 5.41) is 22.8. The van der Waals surface area contributed by atoms with Crippen molar-refractivity contribution in [2.45, 2.75) is 19.9 Å². The molecule has 0 unspecified atom stereocenters. The molecule has 2 rings (SSSR count). The van der Waals surface area contributed by atoms with Crippen LogP contribution in [0.2, 0.25) is 0 Å². The number of aliphatic hydroxyl groups is 1. The standard InChI is InChI=1S/C15H23BrN2O2.ClH/c1-15(2,10-19)14(18-7-5-17-6-8-18)11-3-4-13(20)12(16)9-11;/h3-4,9,14,17,19-20H,5-8,10H2,1-2H3;1H/t14-;/m0./s1. The average Bonchev–Trinajstić information content (AvgIpc) is 2.44. The van der Waals surface area contributed by atoms with Gasteiger partial charge in [-0.2, -0.15) is 0 Å². The van der Waals surface area contributed by atoms with Crippen molar-refractivity contribution >= 4 is 28.3 Å². The molecule has 1 fully saturated rings. The Morgan fingerprint density at radius 1 is 1.33 bits per heavy atom. The van der Waals surface area contributed by atoms with Crippen molar-refractivity contribution in [2.24, 2.45) is 5.41 Å². The van der Waals surface area contributed by atoms with Gasteiger partial charge in [-0.25, -0.2) is 0 Å². The van der Waals surface area contributed by atoms with Crippen molar-refractivity contribution in [1.29, 1.82) is 0 Å². The van der Waals surface area contributed by atoms with Crippen LogP contribution in [0.4, 0.5) is 0 Å². The number of phenolic OH excluding ortho intramolecular Hbond substituents is 1. The number of phenols is 1. The van der Waals surface area contributed by atoms with Crippen molar-refractivity contribution in [2.75, 3.05) is 32.8 Å². The third-order valence-corrected chi connectivity index (χ3v) is 4.59. The van der Waals surface area contributed by atoms with E-state index in [-0.39, 0.29) is 36.2 Å². The SMILES string of the molecule is CC(C)(CO)[C@H](c1ccc(O)c(Br)c1)N1CCNCC1.Cl. The molecule has 0 aliphatic carbocycles. The highest BCUT2D eigenvalue weighted by Gasteiger charge is 2.35. The topological polar surface area (TPSA) is 55.7 Å². The number of aliphatic hydroxyl groups excluding tert-OH is 1. The maximum Gasteiger partial charge on any atom is 0.129 e. The molecule has 1 saturated heterocycles. The molecule has 1 atom stereocenters. The summed E-state index contributed by atoms with van der Waals surface area (Å²) in [6.07, 6.45) is 0. The molecule has 21 heavy (non-hydrogen) atoms. The normalized spacial score (nSPS) is 18.1. The molecule has 1 aliphatic rings. The largest absolute Gasteiger partial charge is 0.507 e. The van der Waals surface area contributed by atoms with Crippen LogP contribution in [0, 0.1) is 5.41 Å². The zero-order valence-electron chi connectivity index (χ0n) is 12.5. The highest BCUT2D eigenvalue weighted by molar-refractivity contribution is 9.10. The molecular formula is C15H24BrClN2O2. The lowest BCUT2D eigenvalue weighted by Crippen LogP contribution is -2.49. The van der Waals surface area contributed by atoms with Gasteiger partial charge < -0.3 is 15.5 Å². The molecule has 1 aromatic rings. The highest BCUT2D eigenvalue weighted by atomic mass is 79.9. The number of piperazine rings is 1. The zero-order chi connectivity index (χ0) is 14.8. The van der Waals surface area contributed by atoms with Gasteiger partial charge >= 0.3 is 0 Å². The van der Waals surface area contributed by atoms with Crippen molar-refractivity contribution in [3.63, 3.8) is 0 Å². The van der Waals surface area contributed by atoms with Gasteiger partial charge in [0, 0.05) is 44.2 Å². The third kappa shape index (κ3) is 4.33. The summed E-state index contributed by atoms with van der Waals surface area (Å²) >= 11 is 3.38. The van der Waals surface area contributed by atoms with Crippen LogP contribution >= 0.6 is 28.3 Å². The second kappa shape index (κ2) is 7.79. The summed E-state index contributed by atoms with van der Waals surface area (Å²) in [6, 6.07) is 5.75. The maximum atomic E-state index is 9.78. The number of hydrogen-bond donors (Lipinski definition) is 3. The third-order valence-electron chi connectivity index (χ3n) is 3.95. The molecule has 1 aromatic carbocycles. The summed E-state index contributed by atoms with van der Waals surface area (Å²) < 4.78 is 0.698. The number of aromatic hydroxyl groups is 1. The molecule has 3 N–H and O–H groups in total. The number of hydrogen-bond acceptors (Lipinski definition) is 4. The number of nitrogens with one attached hydrogen (secondary N) is 1. The molecule has 0 amide bonds. The minimum absolute atomic E-state index is 0. The molecule has 0 bridgehead atoms. The van der Waals surface area contributed by atoms with Gasteiger partial charge in [-0.1, -0.05) is 19.9 Å². The Kier molecular flexibility index (Phi) is 6.94. The summed E-state index contributed by atoms with van der Waals surface area (Å²) in [5.74, 6) is 0.245. The molecule has 0 radical (unpaired) electrons. The molecule has 0 aromatic heterocycles. The van der Waals surface area contributed by atoms with Crippen molar-refractivity contribution in [3.05, 3.63) is 28.2 Å². The van der Waals surface area contributed by atoms with Crippen LogP contribution in [0.1, 0.15) is 25.5 Å². The van der Waals surface area contributed by atoms with E-state index < -0.39 is 0 Å². The van der Waals surface area contributed by atoms with Crippen LogP contribution in [0.25, 0.3) is 0 Å². The first-order valence-corrected chi connectivity index (χ1v) is 7.79. The fraction of sp³-hybridized carbons (Fsp3) is 0.600.